The van der Waals surface area contributed by atoms with E-state index in [0.717, 1.165) is 28.9 Å². The topological polar surface area (TPSA) is 99.3 Å². The normalized spacial score (nSPS) is 14.3. The Bertz CT molecular complexity index is 1550. The molecular formula is C27H25F2N7O2. The molecule has 0 radical (unpaired) electrons. The Morgan fingerprint density at radius 3 is 2.76 bits per heavy atom. The van der Waals surface area contributed by atoms with Crippen LogP contribution in [-0.2, 0) is 37.7 Å². The summed E-state index contributed by atoms with van der Waals surface area (Å²) in [5, 5.41) is 11.9. The van der Waals surface area contributed by atoms with Gasteiger partial charge in [0.2, 0.25) is 0 Å². The average molecular weight is 518 g/mol. The van der Waals surface area contributed by atoms with Crippen molar-refractivity contribution in [1.29, 1.82) is 0 Å². The summed E-state index contributed by atoms with van der Waals surface area (Å²) in [6, 6.07) is 11.4. The number of aliphatic imine (C=N–C) groups is 1. The van der Waals surface area contributed by atoms with E-state index >= 15 is 0 Å². The lowest BCUT2D eigenvalue weighted by Gasteiger charge is -2.17. The molecule has 0 atom stereocenters. The van der Waals surface area contributed by atoms with Crippen LogP contribution in [0.15, 0.2) is 47.6 Å². The van der Waals surface area contributed by atoms with E-state index in [1.54, 1.807) is 20.4 Å². The van der Waals surface area contributed by atoms with Gasteiger partial charge in [0.1, 0.15) is 11.4 Å². The lowest BCUT2D eigenvalue weighted by atomic mass is 10.1. The van der Waals surface area contributed by atoms with Crippen molar-refractivity contribution in [2.75, 3.05) is 19.0 Å². The molecule has 2 aliphatic rings. The highest BCUT2D eigenvalue weighted by Crippen LogP contribution is 2.41. The molecule has 194 valence electrons. The summed E-state index contributed by atoms with van der Waals surface area (Å²) in [6.07, 6.45) is 0.222. The second kappa shape index (κ2) is 9.90. The Labute approximate surface area is 217 Å². The third-order valence-corrected chi connectivity index (χ3v) is 6.57. The number of aryl methyl sites for hydroxylation is 1. The number of rotatable bonds is 7. The number of methoxy groups -OCH3 is 1. The van der Waals surface area contributed by atoms with Crippen molar-refractivity contribution < 1.29 is 18.3 Å². The van der Waals surface area contributed by atoms with Gasteiger partial charge in [-0.1, -0.05) is 12.1 Å². The number of pyridine rings is 2. The first kappa shape index (κ1) is 24.1. The van der Waals surface area contributed by atoms with E-state index < -0.39 is 6.43 Å². The van der Waals surface area contributed by atoms with E-state index in [-0.39, 0.29) is 12.1 Å². The first-order chi connectivity index (χ1) is 18.5. The molecule has 3 aromatic heterocycles. The molecule has 6 rings (SSSR count). The monoisotopic (exact) mass is 517 g/mol. The third kappa shape index (κ3) is 4.60. The molecule has 0 unspecified atom stereocenters. The number of aromatic nitrogens is 5. The Morgan fingerprint density at radius 2 is 1.97 bits per heavy atom. The van der Waals surface area contributed by atoms with E-state index in [2.05, 4.69) is 20.5 Å². The van der Waals surface area contributed by atoms with E-state index in [1.807, 2.05) is 36.4 Å². The number of para-hydroxylation sites is 1. The molecule has 1 aromatic carbocycles. The number of ether oxygens (including phenoxy) is 2. The third-order valence-electron chi connectivity index (χ3n) is 6.57. The molecule has 0 amide bonds. The van der Waals surface area contributed by atoms with Gasteiger partial charge in [-0.25, -0.2) is 13.8 Å². The van der Waals surface area contributed by atoms with Crippen LogP contribution >= 0.6 is 0 Å². The second-order valence-electron chi connectivity index (χ2n) is 9.16. The smallest absolute Gasteiger partial charge is 0.277 e. The fourth-order valence-electron chi connectivity index (χ4n) is 4.79. The minimum atomic E-state index is -2.65. The van der Waals surface area contributed by atoms with Crippen LogP contribution in [0.2, 0.25) is 0 Å². The lowest BCUT2D eigenvalue weighted by Crippen LogP contribution is -2.13. The minimum absolute atomic E-state index is 0.00124. The van der Waals surface area contributed by atoms with Gasteiger partial charge in [-0.05, 0) is 29.8 Å². The lowest BCUT2D eigenvalue weighted by molar-refractivity contribution is 0.109. The number of hydrogen-bond acceptors (Lipinski definition) is 8. The number of nitrogens with one attached hydrogen (secondary N) is 1. The van der Waals surface area contributed by atoms with Crippen LogP contribution in [0, 0.1) is 0 Å². The van der Waals surface area contributed by atoms with Crippen molar-refractivity contribution in [3.05, 3.63) is 70.9 Å². The highest BCUT2D eigenvalue weighted by atomic mass is 19.3. The van der Waals surface area contributed by atoms with Crippen LogP contribution in [-0.4, -0.2) is 50.8 Å². The molecular weight excluding hydrogens is 492 g/mol. The van der Waals surface area contributed by atoms with Crippen molar-refractivity contribution in [2.24, 2.45) is 12.0 Å². The van der Waals surface area contributed by atoms with Gasteiger partial charge in [-0.3, -0.25) is 9.97 Å². The van der Waals surface area contributed by atoms with Gasteiger partial charge in [0.25, 0.3) is 6.43 Å². The van der Waals surface area contributed by atoms with E-state index in [9.17, 15) is 8.78 Å². The van der Waals surface area contributed by atoms with Crippen molar-refractivity contribution in [3.63, 3.8) is 0 Å². The van der Waals surface area contributed by atoms with Crippen LogP contribution in [0.25, 0.3) is 11.3 Å². The number of benzene rings is 1. The summed E-state index contributed by atoms with van der Waals surface area (Å²) in [5.74, 6) is 0.551. The standard InChI is InChI=1S/C27H25F2N7O2/c1-36-30-13-24(35-36)18-4-3-5-20(26(18)37-2)33-21-11-17(32-22-12-23(27(28)29)34-25(21)22)10-16-7-6-15-14-38-9-8-19(15)31-16/h3-7,11,13,27H,8-10,12,14H2,1-2H3,(H,32,33). The molecule has 0 saturated carbocycles. The Morgan fingerprint density at radius 1 is 1.11 bits per heavy atom. The molecule has 11 heteroatoms. The van der Waals surface area contributed by atoms with Crippen LogP contribution < -0.4 is 10.1 Å². The Kier molecular flexibility index (Phi) is 6.28. The molecule has 9 nitrogen and oxygen atoms in total. The predicted molar refractivity (Wildman–Crippen MR) is 138 cm³/mol. The maximum absolute atomic E-state index is 13.6. The van der Waals surface area contributed by atoms with Gasteiger partial charge in [-0.2, -0.15) is 15.0 Å². The fraction of sp³-hybridized carbons (Fsp3) is 0.296. The maximum Gasteiger partial charge on any atom is 0.277 e. The number of fused-ring (bicyclic) bond motifs is 2. The maximum atomic E-state index is 13.6. The summed E-state index contributed by atoms with van der Waals surface area (Å²) in [5.41, 5.74) is 7.02. The van der Waals surface area contributed by atoms with Crippen molar-refractivity contribution in [3.8, 4) is 17.0 Å². The highest BCUT2D eigenvalue weighted by Gasteiger charge is 2.27. The number of anilines is 2. The zero-order valence-electron chi connectivity index (χ0n) is 20.9. The molecule has 2 aliphatic heterocycles. The molecule has 0 aliphatic carbocycles. The Balaban J connectivity index is 1.38. The zero-order chi connectivity index (χ0) is 26.2. The molecule has 5 heterocycles. The number of hydrogen-bond donors (Lipinski definition) is 1. The molecule has 0 spiro atoms. The average Bonchev–Trinajstić information content (AvgIpc) is 3.55. The second-order valence-corrected chi connectivity index (χ2v) is 9.16. The number of nitrogens with zero attached hydrogens (tertiary/aromatic N) is 6. The molecule has 0 saturated heterocycles. The van der Waals surface area contributed by atoms with Gasteiger partial charge >= 0.3 is 0 Å². The van der Waals surface area contributed by atoms with Crippen LogP contribution in [0.5, 0.6) is 5.75 Å². The quantitative estimate of drug-likeness (QED) is 0.383. The molecule has 38 heavy (non-hydrogen) atoms. The van der Waals surface area contributed by atoms with Crippen molar-refractivity contribution in [1.82, 2.24) is 25.0 Å². The molecule has 0 bridgehead atoms. The van der Waals surface area contributed by atoms with E-state index in [4.69, 9.17) is 19.4 Å². The van der Waals surface area contributed by atoms with E-state index in [1.165, 1.54) is 4.80 Å². The highest BCUT2D eigenvalue weighted by molar-refractivity contribution is 5.98. The van der Waals surface area contributed by atoms with Crippen LogP contribution in [0.4, 0.5) is 25.8 Å². The predicted octanol–water partition coefficient (Wildman–Crippen LogP) is 4.58. The zero-order valence-corrected chi connectivity index (χ0v) is 20.9. The number of alkyl halides is 2. The number of halogens is 2. The SMILES string of the molecule is COc1c(Nc2cc(Cc3ccc4c(n3)CCOC4)nc3c2N=C(C(F)F)C3)cccc1-c1cnn(C)n1. The first-order valence-electron chi connectivity index (χ1n) is 12.2. The van der Waals surface area contributed by atoms with E-state index in [0.29, 0.717) is 59.5 Å². The van der Waals surface area contributed by atoms with Gasteiger partial charge in [0, 0.05) is 49.0 Å². The summed E-state index contributed by atoms with van der Waals surface area (Å²) >= 11 is 0. The molecule has 1 N–H and O–H groups in total. The van der Waals surface area contributed by atoms with Crippen LogP contribution in [0.3, 0.4) is 0 Å². The Hall–Kier alpha value is -4.25. The summed E-state index contributed by atoms with van der Waals surface area (Å²) in [7, 11) is 3.31. The first-order valence-corrected chi connectivity index (χ1v) is 12.2. The van der Waals surface area contributed by atoms with Crippen LogP contribution in [0.1, 0.15) is 28.3 Å². The van der Waals surface area contributed by atoms with Gasteiger partial charge in [0.05, 0.1) is 49.3 Å². The minimum Gasteiger partial charge on any atom is -0.494 e. The molecule has 0 fully saturated rings. The molecule has 4 aromatic rings. The van der Waals surface area contributed by atoms with Crippen molar-refractivity contribution >= 4 is 22.8 Å². The largest absolute Gasteiger partial charge is 0.494 e. The van der Waals surface area contributed by atoms with Gasteiger partial charge < -0.3 is 14.8 Å². The van der Waals surface area contributed by atoms with Gasteiger partial charge in [0.15, 0.2) is 5.75 Å². The summed E-state index contributed by atoms with van der Waals surface area (Å²) in [6.45, 7) is 1.22. The van der Waals surface area contributed by atoms with Gasteiger partial charge in [-0.15, -0.1) is 0 Å². The summed E-state index contributed by atoms with van der Waals surface area (Å²) in [4.78, 5) is 15.2. The summed E-state index contributed by atoms with van der Waals surface area (Å²) < 4.78 is 38.4. The fourth-order valence-corrected chi connectivity index (χ4v) is 4.79. The van der Waals surface area contributed by atoms with Crippen molar-refractivity contribution in [2.45, 2.75) is 32.3 Å².